The van der Waals surface area contributed by atoms with Crippen LogP contribution in [0.25, 0.3) is 33.0 Å². The number of fused-ring (bicyclic) bond motifs is 2. The van der Waals surface area contributed by atoms with Crippen LogP contribution in [0.5, 0.6) is 11.5 Å². The fraction of sp³-hybridized carbons (Fsp3) is 0.0909. The first-order chi connectivity index (χ1) is 14.1. The SMILES string of the molecule is COc1ccc2[nH]c(C3=C(c4cc5cc(OC)ccc5[nH]4)C(=O)NC3=O)cc2c1. The van der Waals surface area contributed by atoms with Gasteiger partial charge in [0.25, 0.3) is 11.8 Å². The van der Waals surface area contributed by atoms with E-state index in [1.165, 1.54) is 0 Å². The van der Waals surface area contributed by atoms with Crippen molar-refractivity contribution < 1.29 is 19.1 Å². The number of rotatable bonds is 4. The van der Waals surface area contributed by atoms with Crippen molar-refractivity contribution >= 4 is 44.8 Å². The summed E-state index contributed by atoms with van der Waals surface area (Å²) in [5.74, 6) is 0.571. The molecule has 0 fully saturated rings. The lowest BCUT2D eigenvalue weighted by Gasteiger charge is -2.00. The standard InChI is InChI=1S/C22H17N3O4/c1-28-13-3-5-15-11(7-13)9-17(23-15)19-20(22(27)25-21(19)26)18-10-12-8-14(29-2)4-6-16(12)24-18/h3-10,23-24H,1-2H3,(H,25,26,27). The van der Waals surface area contributed by atoms with E-state index in [1.807, 2.05) is 48.5 Å². The molecule has 3 heterocycles. The van der Waals surface area contributed by atoms with Crippen molar-refractivity contribution in [2.45, 2.75) is 0 Å². The lowest BCUT2D eigenvalue weighted by Crippen LogP contribution is -2.22. The topological polar surface area (TPSA) is 96.2 Å². The average molecular weight is 387 g/mol. The first-order valence-electron chi connectivity index (χ1n) is 9.01. The van der Waals surface area contributed by atoms with E-state index in [-0.39, 0.29) is 0 Å². The molecule has 1 aliphatic rings. The zero-order valence-electron chi connectivity index (χ0n) is 15.8. The van der Waals surface area contributed by atoms with Gasteiger partial charge in [-0.25, -0.2) is 0 Å². The fourth-order valence-corrected chi connectivity index (χ4v) is 3.71. The van der Waals surface area contributed by atoms with Gasteiger partial charge < -0.3 is 19.4 Å². The number of nitrogens with one attached hydrogen (secondary N) is 3. The molecule has 7 heteroatoms. The van der Waals surface area contributed by atoms with Gasteiger partial charge in [0.1, 0.15) is 11.5 Å². The van der Waals surface area contributed by atoms with Crippen LogP contribution in [0.15, 0.2) is 48.5 Å². The summed E-state index contributed by atoms with van der Waals surface area (Å²) in [7, 11) is 3.20. The number of benzene rings is 2. The predicted octanol–water partition coefficient (Wildman–Crippen LogP) is 3.23. The number of amides is 2. The molecule has 1 aliphatic heterocycles. The molecule has 7 nitrogen and oxygen atoms in total. The minimum absolute atomic E-state index is 0.309. The molecule has 0 bridgehead atoms. The van der Waals surface area contributed by atoms with E-state index in [2.05, 4.69) is 15.3 Å². The van der Waals surface area contributed by atoms with Crippen molar-refractivity contribution in [2.75, 3.05) is 14.2 Å². The lowest BCUT2D eigenvalue weighted by molar-refractivity contribution is -0.122. The molecule has 0 saturated carbocycles. The summed E-state index contributed by atoms with van der Waals surface area (Å²) in [6, 6.07) is 14.9. The third-order valence-corrected chi connectivity index (χ3v) is 5.13. The van der Waals surface area contributed by atoms with Crippen molar-refractivity contribution in [1.82, 2.24) is 15.3 Å². The highest BCUT2D eigenvalue weighted by Crippen LogP contribution is 2.34. The molecule has 0 saturated heterocycles. The van der Waals surface area contributed by atoms with Gasteiger partial charge in [-0.05, 0) is 48.5 Å². The second-order valence-electron chi connectivity index (χ2n) is 6.81. The van der Waals surface area contributed by atoms with Crippen LogP contribution in [0.2, 0.25) is 0 Å². The first-order valence-corrected chi connectivity index (χ1v) is 9.01. The van der Waals surface area contributed by atoms with Crippen molar-refractivity contribution in [3.8, 4) is 11.5 Å². The molecule has 29 heavy (non-hydrogen) atoms. The third kappa shape index (κ3) is 2.67. The molecule has 4 aromatic rings. The number of methoxy groups -OCH3 is 2. The van der Waals surface area contributed by atoms with E-state index < -0.39 is 11.8 Å². The van der Waals surface area contributed by atoms with Gasteiger partial charge in [0, 0.05) is 21.8 Å². The smallest absolute Gasteiger partial charge is 0.261 e. The molecule has 144 valence electrons. The molecule has 0 unspecified atom stereocenters. The Morgan fingerprint density at radius 2 is 1.10 bits per heavy atom. The Labute approximate surface area is 165 Å². The monoisotopic (exact) mass is 387 g/mol. The van der Waals surface area contributed by atoms with Crippen LogP contribution in [0.3, 0.4) is 0 Å². The second kappa shape index (κ2) is 6.27. The van der Waals surface area contributed by atoms with Crippen LogP contribution >= 0.6 is 0 Å². The average Bonchev–Trinajstić information content (AvgIpc) is 3.40. The highest BCUT2D eigenvalue weighted by atomic mass is 16.5. The zero-order valence-corrected chi connectivity index (χ0v) is 15.8. The molecule has 0 atom stereocenters. The van der Waals surface area contributed by atoms with Gasteiger partial charge in [-0.2, -0.15) is 0 Å². The molecular formula is C22H17N3O4. The van der Waals surface area contributed by atoms with Crippen LogP contribution in [-0.4, -0.2) is 36.0 Å². The third-order valence-electron chi connectivity index (χ3n) is 5.13. The Bertz CT molecular complexity index is 1240. The Hall–Kier alpha value is -4.00. The zero-order chi connectivity index (χ0) is 20.1. The van der Waals surface area contributed by atoms with Gasteiger partial charge in [0.2, 0.25) is 0 Å². The van der Waals surface area contributed by atoms with Crippen LogP contribution < -0.4 is 14.8 Å². The van der Waals surface area contributed by atoms with Crippen LogP contribution in [0.1, 0.15) is 11.4 Å². The molecule has 0 aliphatic carbocycles. The largest absolute Gasteiger partial charge is 0.497 e. The maximum atomic E-state index is 12.6. The Morgan fingerprint density at radius 3 is 1.52 bits per heavy atom. The van der Waals surface area contributed by atoms with Crippen molar-refractivity contribution in [3.05, 3.63) is 59.9 Å². The van der Waals surface area contributed by atoms with Gasteiger partial charge >= 0.3 is 0 Å². The van der Waals surface area contributed by atoms with E-state index in [0.29, 0.717) is 34.0 Å². The van der Waals surface area contributed by atoms with E-state index >= 15 is 0 Å². The van der Waals surface area contributed by atoms with Crippen LogP contribution in [0.4, 0.5) is 0 Å². The predicted molar refractivity (Wildman–Crippen MR) is 110 cm³/mol. The van der Waals surface area contributed by atoms with Crippen molar-refractivity contribution in [2.24, 2.45) is 0 Å². The quantitative estimate of drug-likeness (QED) is 0.469. The molecule has 2 amide bonds. The maximum Gasteiger partial charge on any atom is 0.261 e. The van der Waals surface area contributed by atoms with Crippen molar-refractivity contribution in [1.29, 1.82) is 0 Å². The van der Waals surface area contributed by atoms with Crippen LogP contribution in [-0.2, 0) is 9.59 Å². The number of aromatic nitrogens is 2. The number of hydrogen-bond donors (Lipinski definition) is 3. The summed E-state index contributed by atoms with van der Waals surface area (Å²) >= 11 is 0. The summed E-state index contributed by atoms with van der Waals surface area (Å²) in [4.78, 5) is 31.7. The Kier molecular flexibility index (Phi) is 3.70. The molecular weight excluding hydrogens is 370 g/mol. The summed E-state index contributed by atoms with van der Waals surface area (Å²) in [6.45, 7) is 0. The number of hydrogen-bond acceptors (Lipinski definition) is 4. The minimum atomic E-state index is -0.431. The summed E-state index contributed by atoms with van der Waals surface area (Å²) in [5, 5.41) is 4.18. The Balaban J connectivity index is 1.70. The number of H-pyrrole nitrogens is 2. The number of imide groups is 1. The normalized spacial score (nSPS) is 14.1. The number of ether oxygens (including phenoxy) is 2. The van der Waals surface area contributed by atoms with Gasteiger partial charge in [0.05, 0.1) is 36.8 Å². The van der Waals surface area contributed by atoms with Gasteiger partial charge in [-0.15, -0.1) is 0 Å². The highest BCUT2D eigenvalue weighted by Gasteiger charge is 2.34. The Morgan fingerprint density at radius 1 is 0.655 bits per heavy atom. The summed E-state index contributed by atoms with van der Waals surface area (Å²) < 4.78 is 10.5. The molecule has 0 spiro atoms. The molecule has 2 aromatic heterocycles. The minimum Gasteiger partial charge on any atom is -0.497 e. The summed E-state index contributed by atoms with van der Waals surface area (Å²) in [6.07, 6.45) is 0. The molecule has 0 radical (unpaired) electrons. The van der Waals surface area contributed by atoms with E-state index in [9.17, 15) is 9.59 Å². The van der Waals surface area contributed by atoms with Gasteiger partial charge in [-0.1, -0.05) is 0 Å². The molecule has 5 rings (SSSR count). The first kappa shape index (κ1) is 17.1. The van der Waals surface area contributed by atoms with Gasteiger partial charge in [0.15, 0.2) is 0 Å². The molecule has 3 N–H and O–H groups in total. The number of carbonyl (C=O) groups excluding carboxylic acids is 2. The highest BCUT2D eigenvalue weighted by molar-refractivity contribution is 6.49. The summed E-state index contributed by atoms with van der Waals surface area (Å²) in [5.41, 5.74) is 3.46. The van der Waals surface area contributed by atoms with E-state index in [1.54, 1.807) is 14.2 Å². The van der Waals surface area contributed by atoms with Gasteiger partial charge in [-0.3, -0.25) is 14.9 Å². The van der Waals surface area contributed by atoms with E-state index in [0.717, 1.165) is 21.8 Å². The van der Waals surface area contributed by atoms with E-state index in [4.69, 9.17) is 9.47 Å². The maximum absolute atomic E-state index is 12.6. The van der Waals surface area contributed by atoms with Crippen LogP contribution in [0, 0.1) is 0 Å². The molecule has 2 aromatic carbocycles. The number of aromatic amines is 2. The fourth-order valence-electron chi connectivity index (χ4n) is 3.71. The lowest BCUT2D eigenvalue weighted by atomic mass is 10.0. The van der Waals surface area contributed by atoms with Crippen molar-refractivity contribution in [3.63, 3.8) is 0 Å². The second-order valence-corrected chi connectivity index (χ2v) is 6.81. The number of carbonyl (C=O) groups is 2.